The summed E-state index contributed by atoms with van der Waals surface area (Å²) in [4.78, 5) is 16.6. The Labute approximate surface area is 98.0 Å². The summed E-state index contributed by atoms with van der Waals surface area (Å²) in [7, 11) is 2.09. The second-order valence-corrected chi connectivity index (χ2v) is 5.61. The van der Waals surface area contributed by atoms with Crippen molar-refractivity contribution in [3.8, 4) is 0 Å². The molecule has 2 rings (SSSR count). The van der Waals surface area contributed by atoms with E-state index >= 15 is 0 Å². The molecule has 1 amide bonds. The van der Waals surface area contributed by atoms with Crippen molar-refractivity contribution in [2.24, 2.45) is 5.92 Å². The first-order valence-corrected chi connectivity index (χ1v) is 6.29. The van der Waals surface area contributed by atoms with Gasteiger partial charge in [0.05, 0.1) is 0 Å². The third-order valence-corrected chi connectivity index (χ3v) is 3.55. The molecule has 0 aromatic rings. The maximum Gasteiger partial charge on any atom is 0.238 e. The van der Waals surface area contributed by atoms with Crippen LogP contribution in [0, 0.1) is 5.92 Å². The molecule has 0 radical (unpaired) electrons. The van der Waals surface area contributed by atoms with Gasteiger partial charge in [0, 0.05) is 32.2 Å². The van der Waals surface area contributed by atoms with E-state index in [0.717, 1.165) is 32.6 Å². The zero-order chi connectivity index (χ0) is 11.7. The number of carbonyl (C=O) groups excluding carboxylic acids is 1. The third kappa shape index (κ3) is 2.55. The SMILES string of the molecule is CC(C)CC1CN2CCN(C)CC2C(=O)N1. The van der Waals surface area contributed by atoms with Crippen molar-refractivity contribution in [3.05, 3.63) is 0 Å². The van der Waals surface area contributed by atoms with Crippen LogP contribution in [0.15, 0.2) is 0 Å². The molecular weight excluding hydrogens is 202 g/mol. The molecule has 2 aliphatic heterocycles. The van der Waals surface area contributed by atoms with Crippen LogP contribution in [0.5, 0.6) is 0 Å². The van der Waals surface area contributed by atoms with E-state index in [1.807, 2.05) is 0 Å². The van der Waals surface area contributed by atoms with Crippen LogP contribution in [0.1, 0.15) is 20.3 Å². The normalized spacial score (nSPS) is 32.6. The smallest absolute Gasteiger partial charge is 0.238 e. The number of hydrogen-bond donors (Lipinski definition) is 1. The quantitative estimate of drug-likeness (QED) is 0.726. The summed E-state index contributed by atoms with van der Waals surface area (Å²) in [5.41, 5.74) is 0. The van der Waals surface area contributed by atoms with E-state index in [4.69, 9.17) is 0 Å². The molecule has 0 spiro atoms. The minimum absolute atomic E-state index is 0.0853. The Balaban J connectivity index is 1.97. The van der Waals surface area contributed by atoms with E-state index in [1.54, 1.807) is 0 Å². The number of hydrogen-bond acceptors (Lipinski definition) is 3. The Morgan fingerprint density at radius 1 is 1.38 bits per heavy atom. The number of nitrogens with zero attached hydrogens (tertiary/aromatic N) is 2. The molecule has 2 heterocycles. The first-order valence-electron chi connectivity index (χ1n) is 6.29. The van der Waals surface area contributed by atoms with Crippen LogP contribution in [-0.4, -0.2) is 61.0 Å². The van der Waals surface area contributed by atoms with E-state index in [1.165, 1.54) is 0 Å². The highest BCUT2D eigenvalue weighted by Gasteiger charge is 2.37. The molecule has 4 nitrogen and oxygen atoms in total. The van der Waals surface area contributed by atoms with Crippen molar-refractivity contribution in [3.63, 3.8) is 0 Å². The van der Waals surface area contributed by atoms with Gasteiger partial charge in [-0.05, 0) is 19.4 Å². The Morgan fingerprint density at radius 3 is 2.81 bits per heavy atom. The number of rotatable bonds is 2. The number of piperazine rings is 2. The molecule has 92 valence electrons. The van der Waals surface area contributed by atoms with Crippen molar-refractivity contribution in [2.45, 2.75) is 32.4 Å². The predicted octanol–water partition coefficient (Wildman–Crippen LogP) is 0.147. The third-order valence-electron chi connectivity index (χ3n) is 3.55. The lowest BCUT2D eigenvalue weighted by Crippen LogP contribution is -2.66. The maximum atomic E-state index is 12.0. The molecular formula is C12H23N3O. The zero-order valence-electron chi connectivity index (χ0n) is 10.6. The van der Waals surface area contributed by atoms with Gasteiger partial charge in [-0.25, -0.2) is 0 Å². The Bertz CT molecular complexity index is 267. The first-order chi connectivity index (χ1) is 7.56. The van der Waals surface area contributed by atoms with Gasteiger partial charge >= 0.3 is 0 Å². The first kappa shape index (κ1) is 11.9. The Kier molecular flexibility index (Phi) is 3.50. The highest BCUT2D eigenvalue weighted by molar-refractivity contribution is 5.83. The number of amides is 1. The number of fused-ring (bicyclic) bond motifs is 1. The highest BCUT2D eigenvalue weighted by Crippen LogP contribution is 2.17. The van der Waals surface area contributed by atoms with Crippen LogP contribution < -0.4 is 5.32 Å². The standard InChI is InChI=1S/C12H23N3O/c1-9(2)6-10-7-15-5-4-14(3)8-11(15)12(16)13-10/h9-11H,4-8H2,1-3H3,(H,13,16). The van der Waals surface area contributed by atoms with E-state index in [-0.39, 0.29) is 11.9 Å². The van der Waals surface area contributed by atoms with Gasteiger partial charge in [0.2, 0.25) is 5.91 Å². The number of carbonyl (C=O) groups is 1. The fraction of sp³-hybridized carbons (Fsp3) is 0.917. The molecule has 0 aliphatic carbocycles. The van der Waals surface area contributed by atoms with Crippen LogP contribution in [0.2, 0.25) is 0 Å². The topological polar surface area (TPSA) is 35.6 Å². The summed E-state index contributed by atoms with van der Waals surface area (Å²) in [6.07, 6.45) is 1.09. The van der Waals surface area contributed by atoms with Crippen LogP contribution in [-0.2, 0) is 4.79 Å². The average Bonchev–Trinajstić information content (AvgIpc) is 2.18. The summed E-state index contributed by atoms with van der Waals surface area (Å²) in [5, 5.41) is 3.16. The van der Waals surface area contributed by atoms with Gasteiger partial charge in [-0.3, -0.25) is 9.69 Å². The summed E-state index contributed by atoms with van der Waals surface area (Å²) >= 11 is 0. The molecule has 2 aliphatic rings. The van der Waals surface area contributed by atoms with Crippen molar-refractivity contribution in [2.75, 3.05) is 33.2 Å². The van der Waals surface area contributed by atoms with E-state index in [2.05, 4.69) is 36.0 Å². The van der Waals surface area contributed by atoms with Gasteiger partial charge in [-0.2, -0.15) is 0 Å². The predicted molar refractivity (Wildman–Crippen MR) is 64.2 cm³/mol. The van der Waals surface area contributed by atoms with Crippen molar-refractivity contribution in [1.82, 2.24) is 15.1 Å². The molecule has 0 saturated carbocycles. The molecule has 2 atom stereocenters. The molecule has 2 unspecified atom stereocenters. The summed E-state index contributed by atoms with van der Waals surface area (Å²) < 4.78 is 0. The molecule has 16 heavy (non-hydrogen) atoms. The van der Waals surface area contributed by atoms with Crippen molar-refractivity contribution >= 4 is 5.91 Å². The lowest BCUT2D eigenvalue weighted by atomic mass is 9.98. The molecule has 0 aromatic heterocycles. The van der Waals surface area contributed by atoms with Crippen LogP contribution in [0.25, 0.3) is 0 Å². The number of likely N-dealkylation sites (N-methyl/N-ethyl adjacent to an activating group) is 1. The van der Waals surface area contributed by atoms with E-state index in [0.29, 0.717) is 12.0 Å². The van der Waals surface area contributed by atoms with Gasteiger partial charge in [0.25, 0.3) is 0 Å². The molecule has 0 aromatic carbocycles. The minimum atomic E-state index is 0.0853. The van der Waals surface area contributed by atoms with Crippen LogP contribution >= 0.6 is 0 Å². The monoisotopic (exact) mass is 225 g/mol. The summed E-state index contributed by atoms with van der Waals surface area (Å²) in [5.74, 6) is 0.873. The van der Waals surface area contributed by atoms with Crippen molar-refractivity contribution in [1.29, 1.82) is 0 Å². The zero-order valence-corrected chi connectivity index (χ0v) is 10.6. The number of nitrogens with one attached hydrogen (secondary N) is 1. The Hall–Kier alpha value is -0.610. The second-order valence-electron chi connectivity index (χ2n) is 5.61. The lowest BCUT2D eigenvalue weighted by molar-refractivity contribution is -0.133. The van der Waals surface area contributed by atoms with Gasteiger partial charge in [-0.1, -0.05) is 13.8 Å². The fourth-order valence-corrected chi connectivity index (χ4v) is 2.75. The molecule has 4 heteroatoms. The van der Waals surface area contributed by atoms with Gasteiger partial charge in [0.1, 0.15) is 6.04 Å². The average molecular weight is 225 g/mol. The van der Waals surface area contributed by atoms with Gasteiger partial charge < -0.3 is 10.2 Å². The summed E-state index contributed by atoms with van der Waals surface area (Å²) in [6.45, 7) is 8.44. The molecule has 2 fully saturated rings. The molecule has 2 saturated heterocycles. The maximum absolute atomic E-state index is 12.0. The summed E-state index contributed by atoms with van der Waals surface area (Å²) in [6, 6.07) is 0.439. The molecule has 1 N–H and O–H groups in total. The second kappa shape index (κ2) is 4.72. The van der Waals surface area contributed by atoms with Gasteiger partial charge in [0.15, 0.2) is 0 Å². The lowest BCUT2D eigenvalue weighted by Gasteiger charge is -2.45. The fourth-order valence-electron chi connectivity index (χ4n) is 2.75. The Morgan fingerprint density at radius 2 is 2.12 bits per heavy atom. The van der Waals surface area contributed by atoms with Crippen LogP contribution in [0.3, 0.4) is 0 Å². The van der Waals surface area contributed by atoms with E-state index in [9.17, 15) is 4.79 Å². The minimum Gasteiger partial charge on any atom is -0.351 e. The highest BCUT2D eigenvalue weighted by atomic mass is 16.2. The van der Waals surface area contributed by atoms with Crippen molar-refractivity contribution < 1.29 is 4.79 Å². The van der Waals surface area contributed by atoms with Gasteiger partial charge in [-0.15, -0.1) is 0 Å². The van der Waals surface area contributed by atoms with E-state index < -0.39 is 0 Å². The largest absolute Gasteiger partial charge is 0.351 e. The van der Waals surface area contributed by atoms with Crippen LogP contribution in [0.4, 0.5) is 0 Å². The molecule has 0 bridgehead atoms.